The predicted octanol–water partition coefficient (Wildman–Crippen LogP) is 4.77. The molecule has 0 bridgehead atoms. The molecule has 0 saturated carbocycles. The van der Waals surface area contributed by atoms with E-state index in [4.69, 9.17) is 4.98 Å². The maximum absolute atomic E-state index is 4.73. The van der Waals surface area contributed by atoms with E-state index in [9.17, 15) is 0 Å². The predicted molar refractivity (Wildman–Crippen MR) is 98.0 cm³/mol. The molecule has 0 radical (unpaired) electrons. The van der Waals surface area contributed by atoms with E-state index in [2.05, 4.69) is 64.1 Å². The van der Waals surface area contributed by atoms with Crippen LogP contribution in [0.4, 0.5) is 11.4 Å². The second kappa shape index (κ2) is 5.13. The standard InChI is InChI=1S/C20H16N4/c1-3-7-13(8-4-1)19-21-15-11-17-18(12-16(15)22-19)24-20(23-17)14-9-5-2-6-10-14/h1-12,19,21-22H,(H,23,24). The number of hydrogen-bond acceptors (Lipinski definition) is 3. The van der Waals surface area contributed by atoms with Gasteiger partial charge in [-0.1, -0.05) is 60.7 Å². The molecule has 4 nitrogen and oxygen atoms in total. The van der Waals surface area contributed by atoms with E-state index in [1.165, 1.54) is 5.56 Å². The first-order valence-corrected chi connectivity index (χ1v) is 8.04. The molecule has 0 aliphatic carbocycles. The van der Waals surface area contributed by atoms with Gasteiger partial charge in [0.25, 0.3) is 0 Å². The van der Waals surface area contributed by atoms with E-state index >= 15 is 0 Å². The van der Waals surface area contributed by atoms with Crippen LogP contribution in [0.1, 0.15) is 11.7 Å². The van der Waals surface area contributed by atoms with Crippen molar-refractivity contribution in [1.82, 2.24) is 9.97 Å². The van der Waals surface area contributed by atoms with Crippen LogP contribution in [-0.4, -0.2) is 9.97 Å². The molecule has 0 saturated heterocycles. The van der Waals surface area contributed by atoms with Crippen molar-refractivity contribution in [1.29, 1.82) is 0 Å². The van der Waals surface area contributed by atoms with Gasteiger partial charge in [-0.2, -0.15) is 0 Å². The fraction of sp³-hybridized carbons (Fsp3) is 0.0500. The van der Waals surface area contributed by atoms with Crippen LogP contribution in [0.15, 0.2) is 72.8 Å². The Kier molecular flexibility index (Phi) is 2.82. The number of imidazole rings is 1. The van der Waals surface area contributed by atoms with Crippen LogP contribution >= 0.6 is 0 Å². The van der Waals surface area contributed by atoms with Gasteiger partial charge >= 0.3 is 0 Å². The third kappa shape index (κ3) is 2.12. The molecule has 0 fully saturated rings. The van der Waals surface area contributed by atoms with Crippen LogP contribution in [-0.2, 0) is 0 Å². The summed E-state index contributed by atoms with van der Waals surface area (Å²) in [7, 11) is 0. The second-order valence-corrected chi connectivity index (χ2v) is 6.00. The van der Waals surface area contributed by atoms with Crippen molar-refractivity contribution >= 4 is 22.4 Å². The zero-order valence-corrected chi connectivity index (χ0v) is 13.0. The number of rotatable bonds is 2. The van der Waals surface area contributed by atoms with E-state index in [-0.39, 0.29) is 6.17 Å². The summed E-state index contributed by atoms with van der Waals surface area (Å²) in [6.07, 6.45) is 0.0984. The zero-order valence-electron chi connectivity index (χ0n) is 13.0. The van der Waals surface area contributed by atoms with E-state index < -0.39 is 0 Å². The van der Waals surface area contributed by atoms with Gasteiger partial charge in [-0.15, -0.1) is 0 Å². The number of fused-ring (bicyclic) bond motifs is 2. The highest BCUT2D eigenvalue weighted by atomic mass is 15.2. The van der Waals surface area contributed by atoms with E-state index in [0.717, 1.165) is 33.8 Å². The van der Waals surface area contributed by atoms with Gasteiger partial charge in [0.1, 0.15) is 12.0 Å². The summed E-state index contributed by atoms with van der Waals surface area (Å²) in [5.74, 6) is 0.897. The quantitative estimate of drug-likeness (QED) is 0.500. The van der Waals surface area contributed by atoms with Gasteiger partial charge in [0.05, 0.1) is 22.4 Å². The van der Waals surface area contributed by atoms with E-state index in [1.807, 2.05) is 24.3 Å². The third-order valence-corrected chi connectivity index (χ3v) is 4.40. The molecule has 4 heteroatoms. The first-order valence-electron chi connectivity index (χ1n) is 8.04. The molecule has 116 valence electrons. The Labute approximate surface area is 139 Å². The smallest absolute Gasteiger partial charge is 0.138 e. The Hall–Kier alpha value is -3.27. The van der Waals surface area contributed by atoms with Crippen molar-refractivity contribution < 1.29 is 0 Å². The van der Waals surface area contributed by atoms with Crippen molar-refractivity contribution in [3.63, 3.8) is 0 Å². The number of hydrogen-bond donors (Lipinski definition) is 3. The van der Waals surface area contributed by atoms with Crippen LogP contribution in [0.5, 0.6) is 0 Å². The molecule has 3 N–H and O–H groups in total. The van der Waals surface area contributed by atoms with Gasteiger partial charge in [-0.25, -0.2) is 4.98 Å². The lowest BCUT2D eigenvalue weighted by Gasteiger charge is -2.12. The monoisotopic (exact) mass is 312 g/mol. The molecular formula is C20H16N4. The lowest BCUT2D eigenvalue weighted by Crippen LogP contribution is -2.11. The molecule has 2 heterocycles. The SMILES string of the molecule is c1ccc(-c2nc3cc4c(cc3[nH]2)NC(c2ccccc2)N4)cc1. The van der Waals surface area contributed by atoms with Crippen molar-refractivity contribution in [3.05, 3.63) is 78.4 Å². The fourth-order valence-electron chi connectivity index (χ4n) is 3.19. The van der Waals surface area contributed by atoms with Gasteiger partial charge in [0, 0.05) is 5.56 Å². The minimum absolute atomic E-state index is 0.0984. The Morgan fingerprint density at radius 2 is 1.42 bits per heavy atom. The molecule has 1 unspecified atom stereocenters. The Morgan fingerprint density at radius 1 is 0.750 bits per heavy atom. The summed E-state index contributed by atoms with van der Waals surface area (Å²) < 4.78 is 0. The minimum Gasteiger partial charge on any atom is -0.360 e. The van der Waals surface area contributed by atoms with Crippen molar-refractivity contribution in [2.24, 2.45) is 0 Å². The molecular weight excluding hydrogens is 296 g/mol. The van der Waals surface area contributed by atoms with Gasteiger partial charge in [-0.05, 0) is 17.7 Å². The summed E-state index contributed by atoms with van der Waals surface area (Å²) in [6, 6.07) is 24.8. The Bertz CT molecular complexity index is 963. The molecule has 0 amide bonds. The first-order chi connectivity index (χ1) is 11.9. The topological polar surface area (TPSA) is 52.7 Å². The number of nitrogens with zero attached hydrogens (tertiary/aromatic N) is 1. The second-order valence-electron chi connectivity index (χ2n) is 6.00. The summed E-state index contributed by atoms with van der Waals surface area (Å²) in [6.45, 7) is 0. The molecule has 1 aromatic heterocycles. The number of benzene rings is 3. The third-order valence-electron chi connectivity index (χ3n) is 4.40. The van der Waals surface area contributed by atoms with Gasteiger partial charge in [-0.3, -0.25) is 0 Å². The molecule has 0 spiro atoms. The normalized spacial score (nSPS) is 13.5. The lowest BCUT2D eigenvalue weighted by atomic mass is 10.2. The summed E-state index contributed by atoms with van der Waals surface area (Å²) in [4.78, 5) is 8.15. The summed E-state index contributed by atoms with van der Waals surface area (Å²) in [5, 5.41) is 7.06. The largest absolute Gasteiger partial charge is 0.360 e. The lowest BCUT2D eigenvalue weighted by molar-refractivity contribution is 0.941. The summed E-state index contributed by atoms with van der Waals surface area (Å²) in [5.41, 5.74) is 6.50. The number of aromatic amines is 1. The van der Waals surface area contributed by atoms with Crippen molar-refractivity contribution in [2.45, 2.75) is 6.17 Å². The zero-order chi connectivity index (χ0) is 15.9. The maximum atomic E-state index is 4.73. The molecule has 5 rings (SSSR count). The van der Waals surface area contributed by atoms with Gasteiger partial charge in [0.2, 0.25) is 0 Å². The number of nitrogens with one attached hydrogen (secondary N) is 3. The van der Waals surface area contributed by atoms with E-state index in [0.29, 0.717) is 0 Å². The van der Waals surface area contributed by atoms with Crippen LogP contribution in [0.2, 0.25) is 0 Å². The first kappa shape index (κ1) is 13.2. The molecule has 4 aromatic rings. The molecule has 3 aromatic carbocycles. The highest BCUT2D eigenvalue weighted by Crippen LogP contribution is 2.38. The Balaban J connectivity index is 1.52. The van der Waals surface area contributed by atoms with E-state index in [1.54, 1.807) is 0 Å². The minimum atomic E-state index is 0.0984. The van der Waals surface area contributed by atoms with Crippen molar-refractivity contribution in [3.8, 4) is 11.4 Å². The van der Waals surface area contributed by atoms with Gasteiger partial charge < -0.3 is 15.6 Å². The van der Waals surface area contributed by atoms with Gasteiger partial charge in [0.15, 0.2) is 0 Å². The summed E-state index contributed by atoms with van der Waals surface area (Å²) >= 11 is 0. The van der Waals surface area contributed by atoms with Crippen LogP contribution in [0.3, 0.4) is 0 Å². The molecule has 1 aliphatic heterocycles. The molecule has 1 aliphatic rings. The van der Waals surface area contributed by atoms with Crippen LogP contribution < -0.4 is 10.6 Å². The Morgan fingerprint density at radius 3 is 2.17 bits per heavy atom. The number of H-pyrrole nitrogens is 1. The fourth-order valence-corrected chi connectivity index (χ4v) is 3.19. The molecule has 24 heavy (non-hydrogen) atoms. The average molecular weight is 312 g/mol. The number of aromatic nitrogens is 2. The molecule has 1 atom stereocenters. The van der Waals surface area contributed by atoms with Crippen molar-refractivity contribution in [2.75, 3.05) is 10.6 Å². The maximum Gasteiger partial charge on any atom is 0.138 e. The average Bonchev–Trinajstić information content (AvgIpc) is 3.24. The number of anilines is 2. The van der Waals surface area contributed by atoms with Crippen LogP contribution in [0, 0.1) is 0 Å². The highest BCUT2D eigenvalue weighted by Gasteiger charge is 2.22. The highest BCUT2D eigenvalue weighted by molar-refractivity contribution is 5.91. The van der Waals surface area contributed by atoms with Crippen LogP contribution in [0.25, 0.3) is 22.4 Å².